The highest BCUT2D eigenvalue weighted by atomic mass is 35.5. The molecular weight excluding hydrogens is 244 g/mol. The Labute approximate surface area is 105 Å². The second-order valence-corrected chi connectivity index (χ2v) is 3.93. The van der Waals surface area contributed by atoms with Crippen LogP contribution < -0.4 is 5.32 Å². The molecule has 0 aromatic carbocycles. The van der Waals surface area contributed by atoms with E-state index in [1.54, 1.807) is 7.11 Å². The third kappa shape index (κ3) is 3.87. The van der Waals surface area contributed by atoms with Gasteiger partial charge in [0.15, 0.2) is 0 Å². The third-order valence-electron chi connectivity index (χ3n) is 2.29. The minimum absolute atomic E-state index is 0.00377. The Morgan fingerprint density at radius 2 is 2.35 bits per heavy atom. The molecule has 0 saturated carbocycles. The zero-order chi connectivity index (χ0) is 12.8. The van der Waals surface area contributed by atoms with Crippen LogP contribution in [0.1, 0.15) is 23.7 Å². The monoisotopic (exact) mass is 258 g/mol. The topological polar surface area (TPSA) is 71.5 Å². The summed E-state index contributed by atoms with van der Waals surface area (Å²) in [5.74, 6) is -0.766. The Balaban J connectivity index is 2.94. The molecule has 1 aromatic rings. The van der Waals surface area contributed by atoms with Crippen LogP contribution in [0, 0.1) is 0 Å². The number of hydrogen-bond acceptors (Lipinski definition) is 4. The van der Waals surface area contributed by atoms with Crippen LogP contribution in [-0.2, 0) is 4.74 Å². The van der Waals surface area contributed by atoms with Crippen molar-refractivity contribution in [1.82, 2.24) is 4.98 Å². The van der Waals surface area contributed by atoms with Gasteiger partial charge in [0.25, 0.3) is 0 Å². The molecule has 0 aliphatic rings. The van der Waals surface area contributed by atoms with E-state index in [2.05, 4.69) is 10.3 Å². The van der Waals surface area contributed by atoms with Crippen molar-refractivity contribution in [2.24, 2.45) is 0 Å². The minimum Gasteiger partial charge on any atom is -0.478 e. The van der Waals surface area contributed by atoms with Crippen molar-refractivity contribution in [2.75, 3.05) is 19.0 Å². The zero-order valence-electron chi connectivity index (χ0n) is 9.74. The molecule has 5 nitrogen and oxygen atoms in total. The lowest BCUT2D eigenvalue weighted by atomic mass is 10.2. The van der Waals surface area contributed by atoms with Crippen LogP contribution in [-0.4, -0.2) is 35.8 Å². The number of pyridine rings is 1. The fourth-order valence-corrected chi connectivity index (χ4v) is 1.52. The van der Waals surface area contributed by atoms with Crippen LogP contribution in [0.5, 0.6) is 0 Å². The number of carboxylic acids is 1. The first kappa shape index (κ1) is 13.7. The van der Waals surface area contributed by atoms with Crippen molar-refractivity contribution >= 4 is 23.4 Å². The maximum atomic E-state index is 11.0. The first-order valence-electron chi connectivity index (χ1n) is 5.23. The summed E-state index contributed by atoms with van der Waals surface area (Å²) in [6.07, 6.45) is 0.793. The molecule has 6 heteroatoms. The first-order valence-corrected chi connectivity index (χ1v) is 5.61. The number of methoxy groups -OCH3 is 1. The molecule has 0 bridgehead atoms. The molecule has 1 atom stereocenters. The predicted molar refractivity (Wildman–Crippen MR) is 65.8 cm³/mol. The molecular formula is C11H15ClN2O3. The van der Waals surface area contributed by atoms with Crippen LogP contribution in [0.2, 0.25) is 5.15 Å². The minimum atomic E-state index is -1.04. The van der Waals surface area contributed by atoms with Crippen molar-refractivity contribution in [3.05, 3.63) is 22.8 Å². The fourth-order valence-electron chi connectivity index (χ4n) is 1.37. The molecule has 1 aromatic heterocycles. The third-order valence-corrected chi connectivity index (χ3v) is 2.50. The number of carbonyl (C=O) groups is 1. The molecule has 0 amide bonds. The number of carboxylic acid groups (broad SMARTS) is 1. The second-order valence-electron chi connectivity index (χ2n) is 3.54. The second kappa shape index (κ2) is 6.42. The van der Waals surface area contributed by atoms with Crippen LogP contribution in [0.4, 0.5) is 5.82 Å². The van der Waals surface area contributed by atoms with E-state index in [0.717, 1.165) is 6.42 Å². The normalized spacial score (nSPS) is 12.2. The van der Waals surface area contributed by atoms with Gasteiger partial charge in [0.1, 0.15) is 16.5 Å². The molecule has 1 rings (SSSR count). The molecule has 0 spiro atoms. The zero-order valence-corrected chi connectivity index (χ0v) is 10.5. The van der Waals surface area contributed by atoms with Gasteiger partial charge in [0, 0.05) is 7.11 Å². The largest absolute Gasteiger partial charge is 0.478 e. The van der Waals surface area contributed by atoms with Crippen LogP contribution >= 0.6 is 11.6 Å². The molecule has 0 aliphatic carbocycles. The number of aromatic nitrogens is 1. The number of nitrogens with zero attached hydrogens (tertiary/aromatic N) is 1. The van der Waals surface area contributed by atoms with Gasteiger partial charge in [-0.15, -0.1) is 0 Å². The molecule has 0 aliphatic heterocycles. The van der Waals surface area contributed by atoms with E-state index >= 15 is 0 Å². The van der Waals surface area contributed by atoms with Crippen LogP contribution in [0.3, 0.4) is 0 Å². The lowest BCUT2D eigenvalue weighted by Gasteiger charge is -2.17. The van der Waals surface area contributed by atoms with Gasteiger partial charge in [0.2, 0.25) is 0 Å². The van der Waals surface area contributed by atoms with E-state index < -0.39 is 5.97 Å². The van der Waals surface area contributed by atoms with Crippen LogP contribution in [0.15, 0.2) is 12.1 Å². The van der Waals surface area contributed by atoms with Gasteiger partial charge in [-0.05, 0) is 18.6 Å². The van der Waals surface area contributed by atoms with E-state index in [4.69, 9.17) is 21.4 Å². The molecule has 1 heterocycles. The summed E-state index contributed by atoms with van der Waals surface area (Å²) in [5, 5.41) is 12.3. The van der Waals surface area contributed by atoms with E-state index in [1.807, 2.05) is 6.92 Å². The maximum Gasteiger partial charge on any atom is 0.339 e. The number of rotatable bonds is 6. The Morgan fingerprint density at radius 3 is 2.88 bits per heavy atom. The lowest BCUT2D eigenvalue weighted by molar-refractivity contribution is 0.0697. The van der Waals surface area contributed by atoms with E-state index in [0.29, 0.717) is 6.61 Å². The van der Waals surface area contributed by atoms with Gasteiger partial charge < -0.3 is 15.2 Å². The van der Waals surface area contributed by atoms with E-state index in [1.165, 1.54) is 12.1 Å². The highest BCUT2D eigenvalue weighted by molar-refractivity contribution is 6.29. The van der Waals surface area contributed by atoms with Gasteiger partial charge in [-0.25, -0.2) is 9.78 Å². The van der Waals surface area contributed by atoms with Crippen molar-refractivity contribution < 1.29 is 14.6 Å². The van der Waals surface area contributed by atoms with E-state index in [9.17, 15) is 4.79 Å². The smallest absolute Gasteiger partial charge is 0.339 e. The van der Waals surface area contributed by atoms with Gasteiger partial charge in [-0.3, -0.25) is 0 Å². The maximum absolute atomic E-state index is 11.0. The van der Waals surface area contributed by atoms with Crippen molar-refractivity contribution in [2.45, 2.75) is 19.4 Å². The first-order chi connectivity index (χ1) is 8.08. The van der Waals surface area contributed by atoms with Crippen LogP contribution in [0.25, 0.3) is 0 Å². The number of ether oxygens (including phenoxy) is 1. The number of anilines is 1. The number of nitrogens with one attached hydrogen (secondary N) is 1. The summed E-state index contributed by atoms with van der Waals surface area (Å²) in [5.41, 5.74) is 0.101. The van der Waals surface area contributed by atoms with Gasteiger partial charge >= 0.3 is 5.97 Å². The molecule has 0 saturated heterocycles. The quantitative estimate of drug-likeness (QED) is 0.766. The summed E-state index contributed by atoms with van der Waals surface area (Å²) >= 11 is 5.75. The molecule has 1 unspecified atom stereocenters. The molecule has 0 fully saturated rings. The van der Waals surface area contributed by atoms with Crippen molar-refractivity contribution in [3.63, 3.8) is 0 Å². The Kier molecular flexibility index (Phi) is 5.18. The SMILES string of the molecule is CCC(COC)Nc1nc(Cl)ccc1C(=O)O. The van der Waals surface area contributed by atoms with Gasteiger partial charge in [0.05, 0.1) is 12.6 Å². The summed E-state index contributed by atoms with van der Waals surface area (Å²) in [6.45, 7) is 2.45. The number of halogens is 1. The lowest BCUT2D eigenvalue weighted by Crippen LogP contribution is -2.25. The standard InChI is InChI=1S/C11H15ClN2O3/c1-3-7(6-17-2)13-10-8(11(15)16)4-5-9(12)14-10/h4-5,7H,3,6H2,1-2H3,(H,13,14)(H,15,16). The Hall–Kier alpha value is -1.33. The van der Waals surface area contributed by atoms with Crippen molar-refractivity contribution in [1.29, 1.82) is 0 Å². The summed E-state index contributed by atoms with van der Waals surface area (Å²) < 4.78 is 5.03. The molecule has 94 valence electrons. The number of aromatic carboxylic acids is 1. The Bertz CT molecular complexity index is 398. The van der Waals surface area contributed by atoms with Gasteiger partial charge in [-0.2, -0.15) is 0 Å². The summed E-state index contributed by atoms with van der Waals surface area (Å²) in [6, 6.07) is 2.89. The highest BCUT2D eigenvalue weighted by Gasteiger charge is 2.15. The molecule has 2 N–H and O–H groups in total. The van der Waals surface area contributed by atoms with Gasteiger partial charge in [-0.1, -0.05) is 18.5 Å². The Morgan fingerprint density at radius 1 is 1.65 bits per heavy atom. The summed E-state index contributed by atoms with van der Waals surface area (Å²) in [4.78, 5) is 15.0. The fraction of sp³-hybridized carbons (Fsp3) is 0.455. The average Bonchev–Trinajstić information content (AvgIpc) is 2.28. The summed E-state index contributed by atoms with van der Waals surface area (Å²) in [7, 11) is 1.59. The predicted octanol–water partition coefficient (Wildman–Crippen LogP) is 2.27. The molecule has 17 heavy (non-hydrogen) atoms. The highest BCUT2D eigenvalue weighted by Crippen LogP contribution is 2.18. The van der Waals surface area contributed by atoms with Crippen molar-refractivity contribution in [3.8, 4) is 0 Å². The average molecular weight is 259 g/mol. The van der Waals surface area contributed by atoms with E-state index in [-0.39, 0.29) is 22.6 Å². The number of hydrogen-bond donors (Lipinski definition) is 2. The molecule has 0 radical (unpaired) electrons.